The molecule has 0 radical (unpaired) electrons. The number of anilines is 2. The van der Waals surface area contributed by atoms with Crippen molar-refractivity contribution in [2.45, 2.75) is 37.9 Å². The monoisotopic (exact) mass is 459 g/mol. The number of nitrogens with zero attached hydrogens (tertiary/aromatic N) is 4. The molecule has 2 fully saturated rings. The van der Waals surface area contributed by atoms with E-state index in [0.29, 0.717) is 35.7 Å². The number of halogens is 3. The highest BCUT2D eigenvalue weighted by Gasteiger charge is 2.59. The Bertz CT molecular complexity index is 1220. The average molecular weight is 459 g/mol. The summed E-state index contributed by atoms with van der Waals surface area (Å²) in [6, 6.07) is 6.94. The zero-order valence-electron chi connectivity index (χ0n) is 16.7. The molecule has 1 saturated heterocycles. The van der Waals surface area contributed by atoms with Crippen LogP contribution in [0, 0.1) is 18.3 Å². The average Bonchev–Trinajstić information content (AvgIpc) is 2.93. The van der Waals surface area contributed by atoms with Gasteiger partial charge in [-0.3, -0.25) is 14.5 Å². The summed E-state index contributed by atoms with van der Waals surface area (Å²) in [6.07, 6.45) is -2.11. The second-order valence-corrected chi connectivity index (χ2v) is 8.07. The van der Waals surface area contributed by atoms with E-state index in [1.54, 1.807) is 24.0 Å². The van der Waals surface area contributed by atoms with Gasteiger partial charge in [-0.05, 0) is 68.2 Å². The molecule has 0 bridgehead atoms. The summed E-state index contributed by atoms with van der Waals surface area (Å²) >= 11 is 5.54. The highest BCUT2D eigenvalue weighted by Crippen LogP contribution is 2.48. The normalized spacial score (nSPS) is 17.5. The Morgan fingerprint density at radius 2 is 1.97 bits per heavy atom. The van der Waals surface area contributed by atoms with Gasteiger partial charge < -0.3 is 10.6 Å². The Morgan fingerprint density at radius 3 is 2.47 bits per heavy atom. The number of aryl methyl sites for hydroxylation is 1. The largest absolute Gasteiger partial charge is 0.419 e. The van der Waals surface area contributed by atoms with Crippen LogP contribution in [-0.4, -0.2) is 27.4 Å². The van der Waals surface area contributed by atoms with E-state index in [1.807, 2.05) is 0 Å². The van der Waals surface area contributed by atoms with Crippen LogP contribution in [0.5, 0.6) is 0 Å². The SMILES string of the molecule is Cc1cc(N2C(=S)N(c3cnc(C#N)c(C(F)(F)F)c3)C(=O)C23CCC3)ccc1C(N)=O. The predicted octanol–water partition coefficient (Wildman–Crippen LogP) is 3.44. The molecule has 2 aromatic rings. The van der Waals surface area contributed by atoms with Gasteiger partial charge in [0.1, 0.15) is 11.6 Å². The third-order valence-corrected chi connectivity index (χ3v) is 6.23. The zero-order chi connectivity index (χ0) is 23.4. The molecule has 0 unspecified atom stereocenters. The standard InChI is InChI=1S/C21H16F3N5O2S/c1-11-7-12(3-4-14(11)17(26)30)29-19(32)28(18(31)20(29)5-2-6-20)13-8-15(21(22,23)24)16(9-25)27-10-13/h3-4,7-8,10H,2,5-6H2,1H3,(H2,26,30). The van der Waals surface area contributed by atoms with E-state index in [2.05, 4.69) is 4.98 Å². The summed E-state index contributed by atoms with van der Waals surface area (Å²) in [4.78, 5) is 31.3. The minimum absolute atomic E-state index is 0.000516. The van der Waals surface area contributed by atoms with Gasteiger partial charge in [-0.1, -0.05) is 0 Å². The maximum absolute atomic E-state index is 13.4. The van der Waals surface area contributed by atoms with Crippen LogP contribution in [-0.2, 0) is 11.0 Å². The Balaban J connectivity index is 1.82. The van der Waals surface area contributed by atoms with Gasteiger partial charge in [-0.2, -0.15) is 18.4 Å². The van der Waals surface area contributed by atoms with Crippen molar-refractivity contribution < 1.29 is 22.8 Å². The molecule has 2 heterocycles. The fourth-order valence-electron chi connectivity index (χ4n) is 4.15. The van der Waals surface area contributed by atoms with Crippen molar-refractivity contribution >= 4 is 40.5 Å². The molecule has 2 aliphatic rings. The van der Waals surface area contributed by atoms with Crippen LogP contribution in [0.1, 0.15) is 46.4 Å². The number of thiocarbonyl (C=S) groups is 1. The number of nitriles is 1. The zero-order valence-corrected chi connectivity index (χ0v) is 17.5. The van der Waals surface area contributed by atoms with Gasteiger partial charge in [0.15, 0.2) is 10.8 Å². The molecular weight excluding hydrogens is 443 g/mol. The molecule has 164 valence electrons. The number of nitrogens with two attached hydrogens (primary N) is 1. The number of hydrogen-bond acceptors (Lipinski definition) is 5. The summed E-state index contributed by atoms with van der Waals surface area (Å²) in [5.74, 6) is -1.05. The van der Waals surface area contributed by atoms with E-state index in [4.69, 9.17) is 23.2 Å². The number of carbonyl (C=O) groups is 2. The molecule has 2 N–H and O–H groups in total. The van der Waals surface area contributed by atoms with Gasteiger partial charge in [0.25, 0.3) is 5.91 Å². The van der Waals surface area contributed by atoms with Crippen molar-refractivity contribution in [3.63, 3.8) is 0 Å². The predicted molar refractivity (Wildman–Crippen MR) is 113 cm³/mol. The van der Waals surface area contributed by atoms with Crippen molar-refractivity contribution in [2.24, 2.45) is 5.73 Å². The van der Waals surface area contributed by atoms with Gasteiger partial charge >= 0.3 is 6.18 Å². The summed E-state index contributed by atoms with van der Waals surface area (Å²) in [6.45, 7) is 1.69. The molecule has 32 heavy (non-hydrogen) atoms. The Morgan fingerprint density at radius 1 is 1.28 bits per heavy atom. The summed E-state index contributed by atoms with van der Waals surface area (Å²) in [5, 5.41) is 8.99. The van der Waals surface area contributed by atoms with E-state index in [9.17, 15) is 22.8 Å². The minimum atomic E-state index is -4.83. The molecule has 1 aromatic heterocycles. The highest BCUT2D eigenvalue weighted by molar-refractivity contribution is 7.81. The molecule has 1 aromatic carbocycles. The second-order valence-electron chi connectivity index (χ2n) is 7.71. The number of benzene rings is 1. The topological polar surface area (TPSA) is 103 Å². The highest BCUT2D eigenvalue weighted by atomic mass is 32.1. The van der Waals surface area contributed by atoms with Crippen LogP contribution in [0.25, 0.3) is 0 Å². The Labute approximate surface area is 186 Å². The first-order valence-electron chi connectivity index (χ1n) is 9.58. The molecule has 4 rings (SSSR count). The molecule has 2 amide bonds. The molecule has 7 nitrogen and oxygen atoms in total. The van der Waals surface area contributed by atoms with Crippen LogP contribution in [0.4, 0.5) is 24.5 Å². The molecule has 1 saturated carbocycles. The van der Waals surface area contributed by atoms with Gasteiger partial charge in [0, 0.05) is 11.3 Å². The fourth-order valence-corrected chi connectivity index (χ4v) is 4.62. The van der Waals surface area contributed by atoms with E-state index >= 15 is 0 Å². The van der Waals surface area contributed by atoms with E-state index < -0.39 is 34.8 Å². The molecule has 1 aliphatic carbocycles. The number of alkyl halides is 3. The van der Waals surface area contributed by atoms with Crippen molar-refractivity contribution in [1.82, 2.24) is 4.98 Å². The quantitative estimate of drug-likeness (QED) is 0.706. The van der Waals surface area contributed by atoms with Gasteiger partial charge in [0.05, 0.1) is 17.4 Å². The number of aromatic nitrogens is 1. The number of amides is 2. The lowest BCUT2D eigenvalue weighted by molar-refractivity contribution is -0.138. The van der Waals surface area contributed by atoms with E-state index in [0.717, 1.165) is 17.5 Å². The maximum Gasteiger partial charge on any atom is 0.419 e. The molecule has 1 spiro atoms. The van der Waals surface area contributed by atoms with Crippen LogP contribution in [0.3, 0.4) is 0 Å². The van der Waals surface area contributed by atoms with E-state index in [1.165, 1.54) is 12.1 Å². The third kappa shape index (κ3) is 3.10. The van der Waals surface area contributed by atoms with Crippen LogP contribution >= 0.6 is 12.2 Å². The van der Waals surface area contributed by atoms with Crippen LogP contribution in [0.15, 0.2) is 30.5 Å². The van der Waals surface area contributed by atoms with Crippen molar-refractivity contribution in [1.29, 1.82) is 5.26 Å². The molecule has 11 heteroatoms. The lowest BCUT2D eigenvalue weighted by Gasteiger charge is -2.43. The Hall–Kier alpha value is -3.52. The van der Waals surface area contributed by atoms with Crippen molar-refractivity contribution in [2.75, 3.05) is 9.80 Å². The number of rotatable bonds is 3. The molecule has 1 aliphatic heterocycles. The van der Waals surface area contributed by atoms with E-state index in [-0.39, 0.29) is 10.8 Å². The first-order chi connectivity index (χ1) is 15.0. The first-order valence-corrected chi connectivity index (χ1v) is 9.98. The molecular formula is C21H16F3N5O2S. The van der Waals surface area contributed by atoms with Crippen LogP contribution < -0.4 is 15.5 Å². The summed E-state index contributed by atoms with van der Waals surface area (Å²) < 4.78 is 40.3. The van der Waals surface area contributed by atoms with Gasteiger partial charge in [-0.15, -0.1) is 0 Å². The van der Waals surface area contributed by atoms with Gasteiger partial charge in [0.2, 0.25) is 5.91 Å². The third-order valence-electron chi connectivity index (χ3n) is 5.87. The lowest BCUT2D eigenvalue weighted by Crippen LogP contribution is -2.55. The summed E-state index contributed by atoms with van der Waals surface area (Å²) in [7, 11) is 0. The molecule has 0 atom stereocenters. The smallest absolute Gasteiger partial charge is 0.366 e. The Kier molecular flexibility index (Phi) is 4.93. The van der Waals surface area contributed by atoms with Crippen molar-refractivity contribution in [3.8, 4) is 6.07 Å². The number of hydrogen-bond donors (Lipinski definition) is 1. The second kappa shape index (κ2) is 7.27. The van der Waals surface area contributed by atoms with Crippen molar-refractivity contribution in [3.05, 3.63) is 52.8 Å². The minimum Gasteiger partial charge on any atom is -0.366 e. The number of pyridine rings is 1. The number of primary amides is 1. The van der Waals surface area contributed by atoms with Crippen LogP contribution in [0.2, 0.25) is 0 Å². The number of carbonyl (C=O) groups excluding carboxylic acids is 2. The maximum atomic E-state index is 13.4. The fraction of sp³-hybridized carbons (Fsp3) is 0.286. The first kappa shape index (κ1) is 21.7. The summed E-state index contributed by atoms with van der Waals surface area (Å²) in [5.41, 5.74) is 3.59. The lowest BCUT2D eigenvalue weighted by atomic mass is 9.75. The van der Waals surface area contributed by atoms with Gasteiger partial charge in [-0.25, -0.2) is 4.98 Å².